The number of benzene rings is 1. The van der Waals surface area contributed by atoms with E-state index in [1.165, 1.54) is 22.0 Å². The summed E-state index contributed by atoms with van der Waals surface area (Å²) < 4.78 is 0. The van der Waals surface area contributed by atoms with Crippen LogP contribution < -0.4 is 0 Å². The van der Waals surface area contributed by atoms with E-state index in [9.17, 15) is 10.2 Å². The van der Waals surface area contributed by atoms with Gasteiger partial charge in [0.2, 0.25) is 0 Å². The van der Waals surface area contributed by atoms with E-state index in [1.807, 2.05) is 0 Å². The van der Waals surface area contributed by atoms with Crippen LogP contribution in [-0.4, -0.2) is 27.9 Å². The molecule has 1 aromatic heterocycles. The van der Waals surface area contributed by atoms with Crippen LogP contribution in [0.3, 0.4) is 0 Å². The fourth-order valence-corrected chi connectivity index (χ4v) is 6.10. The van der Waals surface area contributed by atoms with E-state index < -0.39 is 11.5 Å². The molecule has 2 aromatic rings. The maximum absolute atomic E-state index is 10.6. The maximum Gasteiger partial charge on any atom is 0.0618 e. The van der Waals surface area contributed by atoms with Crippen LogP contribution in [0, 0.1) is 22.7 Å². The molecule has 2 fully saturated rings. The Kier molecular flexibility index (Phi) is 4.28. The fourth-order valence-electron chi connectivity index (χ4n) is 6.10. The number of hydrogen-bond acceptors (Lipinski definition) is 2. The summed E-state index contributed by atoms with van der Waals surface area (Å²) in [5, 5.41) is 22.1. The van der Waals surface area contributed by atoms with Gasteiger partial charge < -0.3 is 15.2 Å². The molecule has 0 saturated heterocycles. The zero-order valence-corrected chi connectivity index (χ0v) is 16.0. The van der Waals surface area contributed by atoms with E-state index in [4.69, 9.17) is 0 Å². The lowest BCUT2D eigenvalue weighted by molar-refractivity contribution is -0.151. The lowest BCUT2D eigenvalue weighted by atomic mass is 9.46. The van der Waals surface area contributed by atoms with Crippen molar-refractivity contribution in [3.8, 4) is 0 Å². The highest BCUT2D eigenvalue weighted by Gasteiger charge is 2.57. The van der Waals surface area contributed by atoms with Gasteiger partial charge in [0.25, 0.3) is 0 Å². The summed E-state index contributed by atoms with van der Waals surface area (Å²) in [6, 6.07) is 8.47. The molecule has 0 aliphatic heterocycles. The third-order valence-corrected chi connectivity index (χ3v) is 7.79. The van der Waals surface area contributed by atoms with E-state index in [-0.39, 0.29) is 12.0 Å². The average molecular weight is 354 g/mol. The van der Waals surface area contributed by atoms with Crippen molar-refractivity contribution >= 4 is 10.9 Å². The zero-order chi connectivity index (χ0) is 18.5. The van der Waals surface area contributed by atoms with Crippen molar-refractivity contribution in [2.24, 2.45) is 22.7 Å². The molecule has 0 unspecified atom stereocenters. The van der Waals surface area contributed by atoms with Crippen molar-refractivity contribution < 1.29 is 10.2 Å². The van der Waals surface area contributed by atoms with Gasteiger partial charge >= 0.3 is 0 Å². The summed E-state index contributed by atoms with van der Waals surface area (Å²) in [6.45, 7) is 8.96. The third kappa shape index (κ3) is 2.48. The van der Waals surface area contributed by atoms with Gasteiger partial charge in [0.15, 0.2) is 0 Å². The minimum absolute atomic E-state index is 0.0563. The first-order chi connectivity index (χ1) is 12.4. The first kappa shape index (κ1) is 17.8. The van der Waals surface area contributed by atoms with E-state index in [2.05, 4.69) is 55.9 Å². The second-order valence-electron chi connectivity index (χ2n) is 9.09. The Morgan fingerprint density at radius 3 is 2.77 bits per heavy atom. The van der Waals surface area contributed by atoms with Crippen LogP contribution in [0.2, 0.25) is 0 Å². The third-order valence-electron chi connectivity index (χ3n) is 7.79. The van der Waals surface area contributed by atoms with Crippen molar-refractivity contribution in [3.05, 3.63) is 48.2 Å². The van der Waals surface area contributed by atoms with Gasteiger partial charge in [-0.1, -0.05) is 44.2 Å². The van der Waals surface area contributed by atoms with Crippen molar-refractivity contribution in [2.45, 2.75) is 52.1 Å². The van der Waals surface area contributed by atoms with Gasteiger partial charge in [0.05, 0.1) is 12.7 Å². The highest BCUT2D eigenvalue weighted by atomic mass is 16.3. The number of hydrogen-bond donors (Lipinski definition) is 3. The van der Waals surface area contributed by atoms with Crippen molar-refractivity contribution in [3.63, 3.8) is 0 Å². The summed E-state index contributed by atoms with van der Waals surface area (Å²) >= 11 is 0. The van der Waals surface area contributed by atoms with E-state index in [0.29, 0.717) is 11.8 Å². The number of fused-ring (bicyclic) bond motifs is 2. The molecule has 0 amide bonds. The maximum atomic E-state index is 10.6. The van der Waals surface area contributed by atoms with Crippen molar-refractivity contribution in [2.75, 3.05) is 6.61 Å². The standard InChI is InChI=1S/C23H31NO2/c1-15-8-9-20-22(2,11-10-21(26)23(20,3)14-25)18(15)12-16-13-24-19-7-5-4-6-17(16)19/h4-7,13,18,20-21,24-26H,1,8-12,14H2,2-3H3/t18-,20+,21-,22+,23-/m0/s1. The fraction of sp³-hybridized carbons (Fsp3) is 0.565. The number of nitrogens with one attached hydrogen (secondary N) is 1. The first-order valence-corrected chi connectivity index (χ1v) is 9.92. The molecule has 3 nitrogen and oxygen atoms in total. The molecule has 4 rings (SSSR count). The Bertz CT molecular complexity index is 824. The Morgan fingerprint density at radius 1 is 1.23 bits per heavy atom. The summed E-state index contributed by atoms with van der Waals surface area (Å²) in [5.41, 5.74) is 3.54. The molecule has 26 heavy (non-hydrogen) atoms. The first-order valence-electron chi connectivity index (χ1n) is 9.92. The second-order valence-corrected chi connectivity index (χ2v) is 9.09. The van der Waals surface area contributed by atoms with Crippen molar-refractivity contribution in [1.82, 2.24) is 4.98 Å². The summed E-state index contributed by atoms with van der Waals surface area (Å²) in [4.78, 5) is 3.40. The Hall–Kier alpha value is -1.58. The number of allylic oxidation sites excluding steroid dienone is 1. The van der Waals surface area contributed by atoms with E-state index in [0.717, 1.165) is 32.1 Å². The van der Waals surface area contributed by atoms with Crippen LogP contribution in [0.4, 0.5) is 0 Å². The Balaban J connectivity index is 1.72. The normalized spacial score (nSPS) is 37.7. The van der Waals surface area contributed by atoms with Gasteiger partial charge in [0, 0.05) is 22.5 Å². The Labute approximate surface area is 156 Å². The molecular formula is C23H31NO2. The van der Waals surface area contributed by atoms with Crippen molar-refractivity contribution in [1.29, 1.82) is 0 Å². The highest BCUT2D eigenvalue weighted by Crippen LogP contribution is 2.61. The SMILES string of the molecule is C=C1CC[C@H]2[C@](C)(CO)[C@@H](O)CC[C@]2(C)[C@H]1Cc1c[nH]c2ccccc12. The van der Waals surface area contributed by atoms with Crippen LogP contribution in [0.1, 0.15) is 45.1 Å². The van der Waals surface area contributed by atoms with Crippen LogP contribution in [-0.2, 0) is 6.42 Å². The molecule has 2 saturated carbocycles. The smallest absolute Gasteiger partial charge is 0.0618 e. The lowest BCUT2D eigenvalue weighted by Crippen LogP contribution is -2.57. The molecule has 140 valence electrons. The molecule has 1 heterocycles. The molecule has 5 atom stereocenters. The topological polar surface area (TPSA) is 56.2 Å². The highest BCUT2D eigenvalue weighted by molar-refractivity contribution is 5.83. The summed E-state index contributed by atoms with van der Waals surface area (Å²) in [7, 11) is 0. The number of aliphatic hydroxyl groups excluding tert-OH is 2. The molecule has 0 radical (unpaired) electrons. The Morgan fingerprint density at radius 2 is 2.00 bits per heavy atom. The number of para-hydroxylation sites is 1. The number of H-pyrrole nitrogens is 1. The molecule has 3 heteroatoms. The zero-order valence-electron chi connectivity index (χ0n) is 16.0. The summed E-state index contributed by atoms with van der Waals surface area (Å²) in [6.07, 6.45) is 6.50. The van der Waals surface area contributed by atoms with E-state index in [1.54, 1.807) is 0 Å². The molecule has 0 bridgehead atoms. The van der Waals surface area contributed by atoms with E-state index >= 15 is 0 Å². The van der Waals surface area contributed by atoms with Gasteiger partial charge in [-0.25, -0.2) is 0 Å². The molecule has 3 N–H and O–H groups in total. The monoisotopic (exact) mass is 353 g/mol. The number of aromatic nitrogens is 1. The minimum atomic E-state index is -0.411. The second kappa shape index (κ2) is 6.24. The molecule has 0 spiro atoms. The molecular weight excluding hydrogens is 322 g/mol. The lowest BCUT2D eigenvalue weighted by Gasteiger charge is -2.60. The molecule has 2 aliphatic rings. The van der Waals surface area contributed by atoms with Crippen LogP contribution in [0.15, 0.2) is 42.6 Å². The predicted molar refractivity (Wildman–Crippen MR) is 106 cm³/mol. The van der Waals surface area contributed by atoms with Gasteiger partial charge in [0.1, 0.15) is 0 Å². The summed E-state index contributed by atoms with van der Waals surface area (Å²) in [5.74, 6) is 0.711. The predicted octanol–water partition coefficient (Wildman–Crippen LogP) is 4.45. The molecule has 2 aliphatic carbocycles. The van der Waals surface area contributed by atoms with Gasteiger partial charge in [-0.05, 0) is 61.0 Å². The van der Waals surface area contributed by atoms with Crippen LogP contribution >= 0.6 is 0 Å². The number of aliphatic hydroxyl groups is 2. The molecule has 1 aromatic carbocycles. The number of rotatable bonds is 3. The minimum Gasteiger partial charge on any atom is -0.396 e. The number of aromatic amines is 1. The average Bonchev–Trinajstić information content (AvgIpc) is 3.05. The quantitative estimate of drug-likeness (QED) is 0.714. The van der Waals surface area contributed by atoms with Gasteiger partial charge in [-0.3, -0.25) is 0 Å². The van der Waals surface area contributed by atoms with Crippen LogP contribution in [0.5, 0.6) is 0 Å². The van der Waals surface area contributed by atoms with Gasteiger partial charge in [-0.15, -0.1) is 0 Å². The largest absolute Gasteiger partial charge is 0.396 e. The van der Waals surface area contributed by atoms with Gasteiger partial charge in [-0.2, -0.15) is 0 Å². The van der Waals surface area contributed by atoms with Crippen LogP contribution in [0.25, 0.3) is 10.9 Å².